The van der Waals surface area contributed by atoms with E-state index >= 15 is 0 Å². The number of nitrogens with zero attached hydrogens (tertiary/aromatic N) is 3. The van der Waals surface area contributed by atoms with Gasteiger partial charge in [-0.3, -0.25) is 15.0 Å². The molecule has 0 aromatic heterocycles. The molecule has 1 atom stereocenters. The topological polar surface area (TPSA) is 107 Å². The van der Waals surface area contributed by atoms with E-state index in [0.29, 0.717) is 45.4 Å². The molecule has 1 heterocycles. The number of ether oxygens (including phenoxy) is 2. The van der Waals surface area contributed by atoms with E-state index in [-0.39, 0.29) is 36.4 Å². The van der Waals surface area contributed by atoms with Gasteiger partial charge in [-0.2, -0.15) is 5.26 Å². The maximum Gasteiger partial charge on any atom is 0.238 e. The van der Waals surface area contributed by atoms with Crippen molar-refractivity contribution < 1.29 is 19.1 Å². The number of hydrogen-bond donors (Lipinski definition) is 2. The van der Waals surface area contributed by atoms with Crippen molar-refractivity contribution in [3.8, 4) is 6.07 Å². The molecule has 2 aliphatic carbocycles. The molecular formula is C25H43N5O4. The highest BCUT2D eigenvalue weighted by atomic mass is 16.5. The van der Waals surface area contributed by atoms with E-state index in [1.165, 1.54) is 12.8 Å². The number of carbonyl (C=O) groups is 2. The maximum absolute atomic E-state index is 12.6. The third-order valence-corrected chi connectivity index (χ3v) is 7.40. The third-order valence-electron chi connectivity index (χ3n) is 7.40. The second-order valence-electron chi connectivity index (χ2n) is 10.3. The maximum atomic E-state index is 12.6. The van der Waals surface area contributed by atoms with Crippen molar-refractivity contribution in [2.45, 2.75) is 83.0 Å². The van der Waals surface area contributed by atoms with Gasteiger partial charge in [0.05, 0.1) is 44.1 Å². The summed E-state index contributed by atoms with van der Waals surface area (Å²) in [6.07, 6.45) is 9.12. The summed E-state index contributed by atoms with van der Waals surface area (Å²) in [5.74, 6) is 0.975. The second kappa shape index (κ2) is 14.0. The van der Waals surface area contributed by atoms with Gasteiger partial charge in [0.15, 0.2) is 0 Å². The number of nitriles is 1. The zero-order chi connectivity index (χ0) is 24.3. The van der Waals surface area contributed by atoms with Crippen molar-refractivity contribution in [3.05, 3.63) is 0 Å². The molecule has 1 aliphatic heterocycles. The van der Waals surface area contributed by atoms with Crippen LogP contribution in [0, 0.1) is 23.2 Å². The first-order valence-corrected chi connectivity index (χ1v) is 13.1. The molecular weight excluding hydrogens is 434 g/mol. The molecule has 3 fully saturated rings. The molecule has 0 spiro atoms. The van der Waals surface area contributed by atoms with Crippen LogP contribution in [0.3, 0.4) is 0 Å². The molecule has 2 N–H and O–H groups in total. The predicted octanol–water partition coefficient (Wildman–Crippen LogP) is 1.83. The summed E-state index contributed by atoms with van der Waals surface area (Å²) < 4.78 is 11.8. The van der Waals surface area contributed by atoms with Gasteiger partial charge in [0, 0.05) is 39.0 Å². The first-order valence-electron chi connectivity index (χ1n) is 13.1. The summed E-state index contributed by atoms with van der Waals surface area (Å²) in [6, 6.07) is 2.30. The molecule has 9 heteroatoms. The lowest BCUT2D eigenvalue weighted by Gasteiger charge is -2.27. The van der Waals surface area contributed by atoms with Crippen molar-refractivity contribution in [2.75, 3.05) is 46.4 Å². The highest BCUT2D eigenvalue weighted by Crippen LogP contribution is 2.26. The lowest BCUT2D eigenvalue weighted by Crippen LogP contribution is -2.43. The lowest BCUT2D eigenvalue weighted by molar-refractivity contribution is -0.132. The van der Waals surface area contributed by atoms with Crippen LogP contribution in [0.4, 0.5) is 0 Å². The number of nitrogens with one attached hydrogen (secondary N) is 2. The minimum Gasteiger partial charge on any atom is -0.378 e. The zero-order valence-electron chi connectivity index (χ0n) is 21.0. The van der Waals surface area contributed by atoms with Crippen LogP contribution in [0.25, 0.3) is 0 Å². The van der Waals surface area contributed by atoms with Crippen molar-refractivity contribution in [3.63, 3.8) is 0 Å². The van der Waals surface area contributed by atoms with E-state index in [0.717, 1.165) is 44.4 Å². The van der Waals surface area contributed by atoms with Crippen LogP contribution in [-0.4, -0.2) is 86.4 Å². The van der Waals surface area contributed by atoms with Crippen molar-refractivity contribution in [1.82, 2.24) is 20.7 Å². The van der Waals surface area contributed by atoms with E-state index in [2.05, 4.69) is 23.7 Å². The Bertz CT molecular complexity index is 683. The standard InChI is InChI=1S/C25H43N5O4/c1-19-3-7-22(8-4-19)34-14-12-29(2)25(32)18-30-17-21(16-27-30)28-24(31)11-13-33-23-9-5-20(15-26)6-10-23/h19-23,27H,3-14,16-18H2,1-2H3,(H,28,31). The number of amides is 2. The molecule has 2 saturated carbocycles. The van der Waals surface area contributed by atoms with Crippen LogP contribution >= 0.6 is 0 Å². The Kier molecular flexibility index (Phi) is 11.0. The normalized spacial score (nSPS) is 30.0. The molecule has 34 heavy (non-hydrogen) atoms. The average Bonchev–Trinajstić information content (AvgIpc) is 3.27. The number of hydrazine groups is 1. The van der Waals surface area contributed by atoms with Crippen molar-refractivity contribution in [2.24, 2.45) is 11.8 Å². The highest BCUT2D eigenvalue weighted by Gasteiger charge is 2.26. The van der Waals surface area contributed by atoms with Gasteiger partial charge < -0.3 is 19.7 Å². The molecule has 0 aromatic rings. The molecule has 0 radical (unpaired) electrons. The van der Waals surface area contributed by atoms with E-state index in [9.17, 15) is 9.59 Å². The SMILES string of the molecule is CC1CCC(OCCN(C)C(=O)CN2CC(NC(=O)CCOC3CCC(C#N)CC3)CN2)CC1. The number of rotatable bonds is 11. The third kappa shape index (κ3) is 9.14. The summed E-state index contributed by atoms with van der Waals surface area (Å²) in [4.78, 5) is 26.5. The molecule has 0 aromatic carbocycles. The molecule has 1 unspecified atom stereocenters. The fourth-order valence-electron chi connectivity index (χ4n) is 4.99. The van der Waals surface area contributed by atoms with E-state index in [1.807, 2.05) is 12.1 Å². The smallest absolute Gasteiger partial charge is 0.238 e. The molecule has 2 amide bonds. The molecule has 9 nitrogen and oxygen atoms in total. The lowest BCUT2D eigenvalue weighted by atomic mass is 9.88. The van der Waals surface area contributed by atoms with E-state index in [4.69, 9.17) is 14.7 Å². The van der Waals surface area contributed by atoms with Gasteiger partial charge in [0.1, 0.15) is 0 Å². The Morgan fingerprint density at radius 1 is 1.06 bits per heavy atom. The van der Waals surface area contributed by atoms with Gasteiger partial charge in [-0.15, -0.1) is 0 Å². The van der Waals surface area contributed by atoms with Gasteiger partial charge in [0.2, 0.25) is 11.8 Å². The van der Waals surface area contributed by atoms with Crippen LogP contribution < -0.4 is 10.7 Å². The first kappa shape index (κ1) is 26.9. The fraction of sp³-hybridized carbons (Fsp3) is 0.880. The molecule has 1 saturated heterocycles. The Labute approximate surface area is 204 Å². The Hall–Kier alpha value is -1.73. The van der Waals surface area contributed by atoms with Gasteiger partial charge in [-0.25, -0.2) is 5.01 Å². The predicted molar refractivity (Wildman–Crippen MR) is 128 cm³/mol. The Morgan fingerprint density at radius 3 is 2.38 bits per heavy atom. The fourth-order valence-corrected chi connectivity index (χ4v) is 4.99. The molecule has 0 bridgehead atoms. The zero-order valence-corrected chi connectivity index (χ0v) is 21.0. The van der Waals surface area contributed by atoms with Crippen LogP contribution in [0.15, 0.2) is 0 Å². The summed E-state index contributed by atoms with van der Waals surface area (Å²) in [6.45, 7) is 5.37. The average molecular weight is 478 g/mol. The molecule has 3 rings (SSSR count). The minimum atomic E-state index is -0.0305. The molecule has 3 aliphatic rings. The number of hydrogen-bond acceptors (Lipinski definition) is 7. The van der Waals surface area contributed by atoms with Gasteiger partial charge in [0.25, 0.3) is 0 Å². The minimum absolute atomic E-state index is 0.0197. The van der Waals surface area contributed by atoms with Crippen LogP contribution in [0.2, 0.25) is 0 Å². The van der Waals surface area contributed by atoms with Crippen LogP contribution in [0.5, 0.6) is 0 Å². The summed E-state index contributed by atoms with van der Waals surface area (Å²) in [5.41, 5.74) is 3.21. The van der Waals surface area contributed by atoms with Gasteiger partial charge in [-0.1, -0.05) is 6.92 Å². The Balaban J connectivity index is 1.23. The summed E-state index contributed by atoms with van der Waals surface area (Å²) >= 11 is 0. The van der Waals surface area contributed by atoms with Crippen molar-refractivity contribution in [1.29, 1.82) is 5.26 Å². The van der Waals surface area contributed by atoms with Crippen LogP contribution in [0.1, 0.15) is 64.7 Å². The molecule has 192 valence electrons. The number of likely N-dealkylation sites (N-methyl/N-ethyl adjacent to an activating group) is 1. The quantitative estimate of drug-likeness (QED) is 0.468. The highest BCUT2D eigenvalue weighted by molar-refractivity contribution is 5.78. The van der Waals surface area contributed by atoms with E-state index < -0.39 is 0 Å². The first-order chi connectivity index (χ1) is 16.4. The summed E-state index contributed by atoms with van der Waals surface area (Å²) in [7, 11) is 1.82. The van der Waals surface area contributed by atoms with Crippen molar-refractivity contribution >= 4 is 11.8 Å². The Morgan fingerprint density at radius 2 is 1.71 bits per heavy atom. The van der Waals surface area contributed by atoms with Crippen LogP contribution in [-0.2, 0) is 19.1 Å². The summed E-state index contributed by atoms with van der Waals surface area (Å²) in [5, 5.41) is 13.9. The van der Waals surface area contributed by atoms with Gasteiger partial charge in [-0.05, 0) is 57.3 Å². The van der Waals surface area contributed by atoms with Gasteiger partial charge >= 0.3 is 0 Å². The largest absolute Gasteiger partial charge is 0.378 e. The number of carbonyl (C=O) groups excluding carboxylic acids is 2. The van der Waals surface area contributed by atoms with E-state index in [1.54, 1.807) is 4.90 Å². The second-order valence-corrected chi connectivity index (χ2v) is 10.3. The monoisotopic (exact) mass is 477 g/mol.